The first-order valence-corrected chi connectivity index (χ1v) is 5.88. The van der Waals surface area contributed by atoms with Crippen molar-refractivity contribution in [1.29, 1.82) is 0 Å². The predicted molar refractivity (Wildman–Crippen MR) is 63.1 cm³/mol. The third kappa shape index (κ3) is 3.72. The van der Waals surface area contributed by atoms with Crippen LogP contribution in [0.2, 0.25) is 0 Å². The van der Waals surface area contributed by atoms with Crippen molar-refractivity contribution in [3.05, 3.63) is 35.4 Å². The lowest BCUT2D eigenvalue weighted by atomic mass is 10.1. The largest absolute Gasteiger partial charge is 0.0949 e. The van der Waals surface area contributed by atoms with Crippen molar-refractivity contribution in [1.82, 2.24) is 0 Å². The summed E-state index contributed by atoms with van der Waals surface area (Å²) in [5.41, 5.74) is 2.60. The van der Waals surface area contributed by atoms with Crippen LogP contribution < -0.4 is 0 Å². The molecule has 0 nitrogen and oxygen atoms in total. The minimum absolute atomic E-state index is 0.279. The van der Waals surface area contributed by atoms with Crippen LogP contribution in [0.1, 0.15) is 28.7 Å². The first kappa shape index (κ1) is 12.2. The fourth-order valence-electron chi connectivity index (χ4n) is 0.832. The fraction of sp³-hybridized carbons (Fsp3) is 0.400. The predicted octanol–water partition coefficient (Wildman–Crippen LogP) is 4.81. The van der Waals surface area contributed by atoms with Crippen LogP contribution in [-0.2, 0) is 0 Å². The lowest BCUT2D eigenvalue weighted by molar-refractivity contribution is 1.31. The molecule has 0 aliphatic heterocycles. The molecule has 1 aromatic carbocycles. The Balaban J connectivity index is 0.000000561. The maximum Gasteiger partial charge on any atom is 0.0949 e. The van der Waals surface area contributed by atoms with Crippen molar-refractivity contribution in [2.75, 3.05) is 0 Å². The monoisotopic (exact) mass is 292 g/mol. The zero-order valence-electron chi connectivity index (χ0n) is 7.64. The van der Waals surface area contributed by atoms with E-state index in [2.05, 4.69) is 50.9 Å². The van der Waals surface area contributed by atoms with E-state index in [9.17, 15) is 0 Å². The summed E-state index contributed by atoms with van der Waals surface area (Å²) in [6, 6.07) is 8.29. The minimum Gasteiger partial charge on any atom is -0.0712 e. The SMILES string of the molecule is CC.Cc1ccccc1C(Br)Br. The van der Waals surface area contributed by atoms with Gasteiger partial charge in [0.25, 0.3) is 0 Å². The molecule has 0 aliphatic rings. The molecule has 0 fully saturated rings. The summed E-state index contributed by atoms with van der Waals surface area (Å²) in [4.78, 5) is 0. The van der Waals surface area contributed by atoms with Crippen LogP contribution in [0, 0.1) is 6.92 Å². The molecule has 2 heteroatoms. The Kier molecular flexibility index (Phi) is 6.77. The molecule has 0 saturated heterocycles. The quantitative estimate of drug-likeness (QED) is 0.652. The maximum atomic E-state index is 3.45. The average molecular weight is 294 g/mol. The van der Waals surface area contributed by atoms with Gasteiger partial charge in [-0.15, -0.1) is 0 Å². The molecule has 0 aromatic heterocycles. The molecule has 1 aromatic rings. The molecule has 68 valence electrons. The number of halogens is 2. The van der Waals surface area contributed by atoms with Crippen molar-refractivity contribution in [3.63, 3.8) is 0 Å². The summed E-state index contributed by atoms with van der Waals surface area (Å²) in [6.45, 7) is 6.10. The summed E-state index contributed by atoms with van der Waals surface area (Å²) in [5, 5.41) is 0. The Morgan fingerprint density at radius 1 is 1.08 bits per heavy atom. The molecule has 0 heterocycles. The van der Waals surface area contributed by atoms with Gasteiger partial charge in [0.05, 0.1) is 3.74 Å². The number of rotatable bonds is 1. The summed E-state index contributed by atoms with van der Waals surface area (Å²) >= 11 is 6.90. The van der Waals surface area contributed by atoms with Gasteiger partial charge >= 0.3 is 0 Å². The lowest BCUT2D eigenvalue weighted by Crippen LogP contribution is -1.83. The molecule has 0 atom stereocenters. The van der Waals surface area contributed by atoms with E-state index in [0.29, 0.717) is 0 Å². The van der Waals surface area contributed by atoms with Gasteiger partial charge in [-0.05, 0) is 18.1 Å². The third-order valence-corrected chi connectivity index (χ3v) is 2.41. The number of aryl methyl sites for hydroxylation is 1. The molecule has 0 amide bonds. The lowest BCUT2D eigenvalue weighted by Gasteiger charge is -2.04. The van der Waals surface area contributed by atoms with Crippen LogP contribution in [0.3, 0.4) is 0 Å². The zero-order valence-corrected chi connectivity index (χ0v) is 10.8. The molecular formula is C10H14Br2. The molecule has 0 bridgehead atoms. The van der Waals surface area contributed by atoms with Gasteiger partial charge in [0, 0.05) is 0 Å². The number of alkyl halides is 2. The number of benzene rings is 1. The van der Waals surface area contributed by atoms with Crippen LogP contribution in [0.25, 0.3) is 0 Å². The average Bonchev–Trinajstić information content (AvgIpc) is 2.08. The van der Waals surface area contributed by atoms with Crippen LogP contribution >= 0.6 is 31.9 Å². The van der Waals surface area contributed by atoms with Gasteiger partial charge in [-0.3, -0.25) is 0 Å². The van der Waals surface area contributed by atoms with Gasteiger partial charge < -0.3 is 0 Å². The molecule has 0 aliphatic carbocycles. The molecule has 0 saturated carbocycles. The third-order valence-electron chi connectivity index (χ3n) is 1.42. The van der Waals surface area contributed by atoms with Crippen molar-refractivity contribution in [3.8, 4) is 0 Å². The second kappa shape index (κ2) is 6.67. The Hall–Kier alpha value is 0.180. The van der Waals surface area contributed by atoms with E-state index < -0.39 is 0 Å². The minimum atomic E-state index is 0.279. The van der Waals surface area contributed by atoms with Crippen molar-refractivity contribution in [2.24, 2.45) is 0 Å². The van der Waals surface area contributed by atoms with E-state index in [1.54, 1.807) is 0 Å². The van der Waals surface area contributed by atoms with Crippen molar-refractivity contribution < 1.29 is 0 Å². The van der Waals surface area contributed by atoms with Gasteiger partial charge in [-0.2, -0.15) is 0 Å². The summed E-state index contributed by atoms with van der Waals surface area (Å²) in [6.07, 6.45) is 0. The van der Waals surface area contributed by atoms with E-state index in [-0.39, 0.29) is 3.74 Å². The molecule has 0 spiro atoms. The fourth-order valence-corrected chi connectivity index (χ4v) is 1.86. The summed E-state index contributed by atoms with van der Waals surface area (Å²) < 4.78 is 0.279. The Bertz CT molecular complexity index is 219. The highest BCUT2D eigenvalue weighted by molar-refractivity contribution is 9.24. The smallest absolute Gasteiger partial charge is 0.0712 e. The van der Waals surface area contributed by atoms with Crippen molar-refractivity contribution in [2.45, 2.75) is 24.5 Å². The van der Waals surface area contributed by atoms with Gasteiger partial charge in [0.1, 0.15) is 0 Å². The summed E-state index contributed by atoms with van der Waals surface area (Å²) in [7, 11) is 0. The van der Waals surface area contributed by atoms with Crippen LogP contribution in [-0.4, -0.2) is 0 Å². The Labute approximate surface area is 91.6 Å². The normalized spacial score (nSPS) is 9.17. The van der Waals surface area contributed by atoms with Crippen molar-refractivity contribution >= 4 is 31.9 Å². The zero-order chi connectivity index (χ0) is 9.56. The molecular weight excluding hydrogens is 280 g/mol. The molecule has 1 rings (SSSR count). The standard InChI is InChI=1S/C8H8Br2.C2H6/c1-6-4-2-3-5-7(6)8(9)10;1-2/h2-5,8H,1H3;1-2H3. The summed E-state index contributed by atoms with van der Waals surface area (Å²) in [5.74, 6) is 0. The van der Waals surface area contributed by atoms with E-state index in [4.69, 9.17) is 0 Å². The Morgan fingerprint density at radius 2 is 1.58 bits per heavy atom. The number of hydrogen-bond acceptors (Lipinski definition) is 0. The molecule has 0 unspecified atom stereocenters. The van der Waals surface area contributed by atoms with E-state index >= 15 is 0 Å². The highest BCUT2D eigenvalue weighted by Crippen LogP contribution is 2.30. The van der Waals surface area contributed by atoms with Crippen LogP contribution in [0.4, 0.5) is 0 Å². The molecule has 0 radical (unpaired) electrons. The highest BCUT2D eigenvalue weighted by atomic mass is 79.9. The van der Waals surface area contributed by atoms with Gasteiger partial charge in [0.15, 0.2) is 0 Å². The molecule has 0 N–H and O–H groups in total. The van der Waals surface area contributed by atoms with Crippen LogP contribution in [0.5, 0.6) is 0 Å². The second-order valence-corrected chi connectivity index (χ2v) is 5.22. The second-order valence-electron chi connectivity index (χ2n) is 2.16. The first-order chi connectivity index (χ1) is 5.72. The Morgan fingerprint density at radius 3 is 1.92 bits per heavy atom. The van der Waals surface area contributed by atoms with Gasteiger partial charge in [-0.1, -0.05) is 70.0 Å². The van der Waals surface area contributed by atoms with Gasteiger partial charge in [-0.25, -0.2) is 0 Å². The highest BCUT2D eigenvalue weighted by Gasteiger charge is 2.02. The molecule has 12 heavy (non-hydrogen) atoms. The van der Waals surface area contributed by atoms with Crippen LogP contribution in [0.15, 0.2) is 24.3 Å². The van der Waals surface area contributed by atoms with E-state index in [1.807, 2.05) is 26.0 Å². The van der Waals surface area contributed by atoms with Gasteiger partial charge in [0.2, 0.25) is 0 Å². The van der Waals surface area contributed by atoms with E-state index in [1.165, 1.54) is 11.1 Å². The first-order valence-electron chi connectivity index (χ1n) is 4.05. The maximum absolute atomic E-state index is 3.45. The van der Waals surface area contributed by atoms with E-state index in [0.717, 1.165) is 0 Å². The number of hydrogen-bond donors (Lipinski definition) is 0. The topological polar surface area (TPSA) is 0 Å².